The van der Waals surface area contributed by atoms with E-state index in [4.69, 9.17) is 5.73 Å². The minimum Gasteiger partial charge on any atom is -0.396 e. The van der Waals surface area contributed by atoms with Crippen LogP contribution in [0.5, 0.6) is 0 Å². The molecule has 3 nitrogen and oxygen atoms in total. The van der Waals surface area contributed by atoms with E-state index in [2.05, 4.69) is 0 Å². The highest BCUT2D eigenvalue weighted by atomic mass is 32.2. The van der Waals surface area contributed by atoms with Gasteiger partial charge in [-0.3, -0.25) is 4.21 Å². The molecule has 0 aliphatic rings. The maximum absolute atomic E-state index is 13.1. The number of nitrogen functional groups attached to an aromatic ring is 1. The smallest absolute Gasteiger partial charge is 0.147 e. The first-order valence-corrected chi connectivity index (χ1v) is 5.90. The second-order valence-corrected chi connectivity index (χ2v) is 5.11. The maximum atomic E-state index is 13.1. The Morgan fingerprint density at radius 1 is 1.47 bits per heavy atom. The molecule has 0 fully saturated rings. The van der Waals surface area contributed by atoms with Crippen LogP contribution in [0, 0.1) is 5.82 Å². The third-order valence-electron chi connectivity index (χ3n) is 1.96. The van der Waals surface area contributed by atoms with Gasteiger partial charge in [0.2, 0.25) is 0 Å². The van der Waals surface area contributed by atoms with Gasteiger partial charge in [0.25, 0.3) is 0 Å². The van der Waals surface area contributed by atoms with E-state index in [1.165, 1.54) is 12.1 Å². The Morgan fingerprint density at radius 2 is 2.13 bits per heavy atom. The van der Waals surface area contributed by atoms with Gasteiger partial charge in [-0.15, -0.1) is 0 Å². The number of anilines is 1. The van der Waals surface area contributed by atoms with Crippen LogP contribution < -0.4 is 5.73 Å². The Hall–Kier alpha value is -0.940. The monoisotopic (exact) mass is 230 g/mol. The summed E-state index contributed by atoms with van der Waals surface area (Å²) in [5, 5.41) is 0. The summed E-state index contributed by atoms with van der Waals surface area (Å²) in [6.45, 7) is 0.707. The average molecular weight is 230 g/mol. The first kappa shape index (κ1) is 12.1. The lowest BCUT2D eigenvalue weighted by atomic mass is 10.3. The molecule has 0 aliphatic heterocycles. The molecule has 84 valence electrons. The van der Waals surface area contributed by atoms with Gasteiger partial charge >= 0.3 is 0 Å². The Balaban J connectivity index is 2.70. The van der Waals surface area contributed by atoms with Crippen LogP contribution in [0.1, 0.15) is 0 Å². The van der Waals surface area contributed by atoms with Gasteiger partial charge in [0.05, 0.1) is 16.5 Å². The molecule has 0 bridgehead atoms. The van der Waals surface area contributed by atoms with Crippen molar-refractivity contribution in [1.29, 1.82) is 0 Å². The molecule has 2 N–H and O–H groups in total. The number of halogens is 1. The zero-order valence-corrected chi connectivity index (χ0v) is 9.68. The van der Waals surface area contributed by atoms with E-state index in [9.17, 15) is 8.60 Å². The van der Waals surface area contributed by atoms with Crippen LogP contribution in [-0.2, 0) is 10.8 Å². The second-order valence-electron chi connectivity index (χ2n) is 3.54. The van der Waals surface area contributed by atoms with Crippen LogP contribution in [0.4, 0.5) is 10.1 Å². The zero-order valence-electron chi connectivity index (χ0n) is 8.87. The van der Waals surface area contributed by atoms with Gasteiger partial charge in [0.1, 0.15) is 5.82 Å². The Morgan fingerprint density at radius 3 is 2.67 bits per heavy atom. The maximum Gasteiger partial charge on any atom is 0.147 e. The van der Waals surface area contributed by atoms with Gasteiger partial charge in [-0.1, -0.05) is 0 Å². The number of hydrogen-bond donors (Lipinski definition) is 1. The molecule has 0 aromatic heterocycles. The van der Waals surface area contributed by atoms with Crippen molar-refractivity contribution in [2.75, 3.05) is 32.1 Å². The van der Waals surface area contributed by atoms with E-state index >= 15 is 0 Å². The predicted molar refractivity (Wildman–Crippen MR) is 60.6 cm³/mol. The zero-order chi connectivity index (χ0) is 11.4. The van der Waals surface area contributed by atoms with Gasteiger partial charge in [0, 0.05) is 17.2 Å². The minimum atomic E-state index is -1.16. The topological polar surface area (TPSA) is 46.3 Å². The van der Waals surface area contributed by atoms with Gasteiger partial charge in [-0.25, -0.2) is 4.39 Å². The fraction of sp³-hybridized carbons (Fsp3) is 0.400. The van der Waals surface area contributed by atoms with Crippen LogP contribution in [0.15, 0.2) is 23.1 Å². The fourth-order valence-corrected chi connectivity index (χ4v) is 2.25. The van der Waals surface area contributed by atoms with Crippen molar-refractivity contribution in [2.24, 2.45) is 0 Å². The molecule has 0 saturated heterocycles. The lowest BCUT2D eigenvalue weighted by Gasteiger charge is -2.09. The molecular weight excluding hydrogens is 215 g/mol. The second kappa shape index (κ2) is 5.23. The number of benzene rings is 1. The first-order valence-electron chi connectivity index (χ1n) is 4.59. The lowest BCUT2D eigenvalue weighted by Crippen LogP contribution is -2.19. The van der Waals surface area contributed by atoms with Crippen LogP contribution in [0.25, 0.3) is 0 Å². The van der Waals surface area contributed by atoms with E-state index in [0.717, 1.165) is 0 Å². The average Bonchev–Trinajstić information content (AvgIpc) is 2.18. The quantitative estimate of drug-likeness (QED) is 0.787. The number of nitrogens with zero attached hydrogens (tertiary/aromatic N) is 1. The molecule has 0 heterocycles. The molecule has 5 heteroatoms. The summed E-state index contributed by atoms with van der Waals surface area (Å²) in [6, 6.07) is 4.28. The van der Waals surface area contributed by atoms with E-state index < -0.39 is 16.6 Å². The predicted octanol–water partition coefficient (Wildman–Crippen LogP) is 1.08. The van der Waals surface area contributed by atoms with Gasteiger partial charge in [-0.2, -0.15) is 0 Å². The van der Waals surface area contributed by atoms with Crippen LogP contribution in [0.3, 0.4) is 0 Å². The summed E-state index contributed by atoms with van der Waals surface area (Å²) in [6.07, 6.45) is 0. The normalized spacial score (nSPS) is 13.1. The Labute approximate surface area is 91.5 Å². The van der Waals surface area contributed by atoms with E-state index in [1.807, 2.05) is 19.0 Å². The van der Waals surface area contributed by atoms with Crippen molar-refractivity contribution in [2.45, 2.75) is 4.90 Å². The standard InChI is InChI=1S/C10H15FN2OS/c1-13(2)5-6-15(14)8-3-4-10(12)9(11)7-8/h3-4,7H,5-6,12H2,1-2H3. The van der Waals surface area contributed by atoms with Crippen molar-refractivity contribution in [3.63, 3.8) is 0 Å². The van der Waals surface area contributed by atoms with Gasteiger partial charge < -0.3 is 10.6 Å². The Kier molecular flexibility index (Phi) is 4.23. The van der Waals surface area contributed by atoms with Crippen LogP contribution >= 0.6 is 0 Å². The van der Waals surface area contributed by atoms with Crippen molar-refractivity contribution >= 4 is 16.5 Å². The summed E-state index contributed by atoms with van der Waals surface area (Å²) in [5.41, 5.74) is 5.42. The first-order chi connectivity index (χ1) is 7.00. The molecular formula is C10H15FN2OS. The van der Waals surface area contributed by atoms with E-state index in [0.29, 0.717) is 17.2 Å². The highest BCUT2D eigenvalue weighted by molar-refractivity contribution is 7.85. The molecule has 0 aliphatic carbocycles. The highest BCUT2D eigenvalue weighted by Gasteiger charge is 2.07. The van der Waals surface area contributed by atoms with E-state index in [1.54, 1.807) is 6.07 Å². The molecule has 0 saturated carbocycles. The number of rotatable bonds is 4. The minimum absolute atomic E-state index is 0.0864. The fourth-order valence-electron chi connectivity index (χ4n) is 1.03. The summed E-state index contributed by atoms with van der Waals surface area (Å²) in [7, 11) is 2.65. The SMILES string of the molecule is CN(C)CCS(=O)c1ccc(N)c(F)c1. The molecule has 1 unspecified atom stereocenters. The lowest BCUT2D eigenvalue weighted by molar-refractivity contribution is 0.435. The number of nitrogens with two attached hydrogens (primary N) is 1. The molecule has 1 atom stereocenters. The molecule has 15 heavy (non-hydrogen) atoms. The van der Waals surface area contributed by atoms with Gasteiger partial charge in [-0.05, 0) is 32.3 Å². The van der Waals surface area contributed by atoms with Crippen molar-refractivity contribution in [3.8, 4) is 0 Å². The molecule has 0 spiro atoms. The van der Waals surface area contributed by atoms with Crippen molar-refractivity contribution in [1.82, 2.24) is 4.90 Å². The van der Waals surface area contributed by atoms with Crippen LogP contribution in [-0.4, -0.2) is 35.5 Å². The van der Waals surface area contributed by atoms with Gasteiger partial charge in [0.15, 0.2) is 0 Å². The van der Waals surface area contributed by atoms with Crippen molar-refractivity contribution in [3.05, 3.63) is 24.0 Å². The number of hydrogen-bond acceptors (Lipinski definition) is 3. The Bertz CT molecular complexity index is 368. The molecule has 0 radical (unpaired) electrons. The summed E-state index contributed by atoms with van der Waals surface area (Å²) >= 11 is 0. The third-order valence-corrected chi connectivity index (χ3v) is 3.29. The summed E-state index contributed by atoms with van der Waals surface area (Å²) < 4.78 is 24.8. The molecule has 1 aromatic carbocycles. The largest absolute Gasteiger partial charge is 0.396 e. The molecule has 1 aromatic rings. The molecule has 0 amide bonds. The van der Waals surface area contributed by atoms with Crippen molar-refractivity contribution < 1.29 is 8.60 Å². The molecule has 1 rings (SSSR count). The van der Waals surface area contributed by atoms with Crippen LogP contribution in [0.2, 0.25) is 0 Å². The van der Waals surface area contributed by atoms with E-state index in [-0.39, 0.29) is 5.69 Å². The summed E-state index contributed by atoms with van der Waals surface area (Å²) in [5.74, 6) is -0.0122. The third kappa shape index (κ3) is 3.60. The summed E-state index contributed by atoms with van der Waals surface area (Å²) in [4.78, 5) is 2.43. The highest BCUT2D eigenvalue weighted by Crippen LogP contribution is 2.14.